The zero-order valence-electron chi connectivity index (χ0n) is 14.5. The highest BCUT2D eigenvalue weighted by Gasteiger charge is 2.17. The van der Waals surface area contributed by atoms with E-state index in [1.807, 2.05) is 52.0 Å². The number of amides is 2. The fourth-order valence-electron chi connectivity index (χ4n) is 2.21. The van der Waals surface area contributed by atoms with Crippen molar-refractivity contribution in [1.29, 1.82) is 0 Å². The van der Waals surface area contributed by atoms with Gasteiger partial charge in [-0.25, -0.2) is 0 Å². The Hall–Kier alpha value is -2.69. The number of pyridine rings is 1. The molecule has 0 bridgehead atoms. The summed E-state index contributed by atoms with van der Waals surface area (Å²) in [6.07, 6.45) is 2.91. The highest BCUT2D eigenvalue weighted by Crippen LogP contribution is 2.08. The van der Waals surface area contributed by atoms with Crippen LogP contribution in [0.2, 0.25) is 0 Å². The van der Waals surface area contributed by atoms with Crippen molar-refractivity contribution in [2.75, 3.05) is 0 Å². The van der Waals surface area contributed by atoms with E-state index in [4.69, 9.17) is 0 Å². The molecule has 24 heavy (non-hydrogen) atoms. The molecule has 2 aromatic rings. The first-order chi connectivity index (χ1) is 11.2. The Morgan fingerprint density at radius 2 is 1.71 bits per heavy atom. The van der Waals surface area contributed by atoms with E-state index in [1.54, 1.807) is 6.07 Å². The minimum atomic E-state index is -0.347. The van der Waals surface area contributed by atoms with Crippen LogP contribution in [0.5, 0.6) is 0 Å². The van der Waals surface area contributed by atoms with Gasteiger partial charge in [0.2, 0.25) is 0 Å². The zero-order valence-corrected chi connectivity index (χ0v) is 14.5. The molecule has 1 heterocycles. The average molecular weight is 325 g/mol. The summed E-state index contributed by atoms with van der Waals surface area (Å²) in [5, 5.41) is 5.70. The number of hydrogen-bond donors (Lipinski definition) is 2. The minimum absolute atomic E-state index is 0.247. The van der Waals surface area contributed by atoms with Crippen molar-refractivity contribution < 1.29 is 9.59 Å². The molecule has 126 valence electrons. The van der Waals surface area contributed by atoms with Crippen LogP contribution in [0.4, 0.5) is 0 Å². The van der Waals surface area contributed by atoms with Crippen LogP contribution in [-0.2, 0) is 6.54 Å². The van der Waals surface area contributed by atoms with Gasteiger partial charge < -0.3 is 10.6 Å². The predicted octanol–water partition coefficient (Wildman–Crippen LogP) is 2.85. The number of rotatable bonds is 4. The molecule has 2 rings (SSSR count). The van der Waals surface area contributed by atoms with E-state index in [1.165, 1.54) is 12.4 Å². The van der Waals surface area contributed by atoms with E-state index in [9.17, 15) is 9.59 Å². The van der Waals surface area contributed by atoms with E-state index in [0.29, 0.717) is 17.7 Å². The second-order valence-electron chi connectivity index (χ2n) is 6.84. The monoisotopic (exact) mass is 325 g/mol. The van der Waals surface area contributed by atoms with Crippen LogP contribution in [0, 0.1) is 6.92 Å². The van der Waals surface area contributed by atoms with E-state index in [-0.39, 0.29) is 17.4 Å². The van der Waals surface area contributed by atoms with Crippen molar-refractivity contribution in [2.45, 2.75) is 39.8 Å². The quantitative estimate of drug-likeness (QED) is 0.908. The second kappa shape index (κ2) is 7.25. The molecule has 0 atom stereocenters. The highest BCUT2D eigenvalue weighted by atomic mass is 16.2. The molecule has 0 saturated carbocycles. The van der Waals surface area contributed by atoms with E-state index < -0.39 is 0 Å². The van der Waals surface area contributed by atoms with Crippen molar-refractivity contribution >= 4 is 11.8 Å². The van der Waals surface area contributed by atoms with Gasteiger partial charge in [-0.1, -0.05) is 29.8 Å². The summed E-state index contributed by atoms with van der Waals surface area (Å²) >= 11 is 0. The van der Waals surface area contributed by atoms with Crippen molar-refractivity contribution in [3.8, 4) is 0 Å². The Balaban J connectivity index is 2.05. The molecular weight excluding hydrogens is 302 g/mol. The highest BCUT2D eigenvalue weighted by molar-refractivity contribution is 5.99. The topological polar surface area (TPSA) is 71.1 Å². The number of carbonyl (C=O) groups is 2. The lowest BCUT2D eigenvalue weighted by atomic mass is 10.1. The molecule has 0 unspecified atom stereocenters. The molecular formula is C19H23N3O2. The van der Waals surface area contributed by atoms with Crippen molar-refractivity contribution in [3.05, 3.63) is 65.0 Å². The Labute approximate surface area is 142 Å². The van der Waals surface area contributed by atoms with Gasteiger partial charge >= 0.3 is 0 Å². The first kappa shape index (κ1) is 17.7. The first-order valence-electron chi connectivity index (χ1n) is 7.86. The SMILES string of the molecule is Cc1cccc(CNC(=O)c2cncc(C(=O)NC(C)(C)C)c2)c1. The molecule has 0 radical (unpaired) electrons. The number of carbonyl (C=O) groups excluding carboxylic acids is 2. The van der Waals surface area contributed by atoms with Crippen molar-refractivity contribution in [2.24, 2.45) is 0 Å². The van der Waals surface area contributed by atoms with Crippen LogP contribution in [0.25, 0.3) is 0 Å². The largest absolute Gasteiger partial charge is 0.348 e. The number of benzene rings is 1. The van der Waals surface area contributed by atoms with Crippen LogP contribution < -0.4 is 10.6 Å². The molecule has 0 aliphatic rings. The molecule has 0 spiro atoms. The third-order valence-electron chi connectivity index (χ3n) is 3.29. The van der Waals surface area contributed by atoms with Gasteiger partial charge in [0.05, 0.1) is 11.1 Å². The smallest absolute Gasteiger partial charge is 0.253 e. The number of aryl methyl sites for hydroxylation is 1. The van der Waals surface area contributed by atoms with Gasteiger partial charge in [-0.05, 0) is 39.3 Å². The minimum Gasteiger partial charge on any atom is -0.348 e. The standard InChI is InChI=1S/C19H23N3O2/c1-13-6-5-7-14(8-13)10-21-17(23)15-9-16(12-20-11-15)18(24)22-19(2,3)4/h5-9,11-12H,10H2,1-4H3,(H,21,23)(H,22,24). The van der Waals surface area contributed by atoms with Gasteiger partial charge in [0, 0.05) is 24.5 Å². The maximum Gasteiger partial charge on any atom is 0.253 e. The summed E-state index contributed by atoms with van der Waals surface area (Å²) in [6, 6.07) is 9.49. The number of nitrogens with one attached hydrogen (secondary N) is 2. The maximum atomic E-state index is 12.3. The molecule has 1 aromatic carbocycles. The van der Waals surface area contributed by atoms with Crippen LogP contribution in [-0.4, -0.2) is 22.3 Å². The van der Waals surface area contributed by atoms with Gasteiger partial charge in [0.1, 0.15) is 0 Å². The molecule has 0 saturated heterocycles. The normalized spacial score (nSPS) is 11.0. The maximum absolute atomic E-state index is 12.3. The van der Waals surface area contributed by atoms with Gasteiger partial charge in [0.25, 0.3) is 11.8 Å². The summed E-state index contributed by atoms with van der Waals surface area (Å²) in [7, 11) is 0. The number of nitrogens with zero attached hydrogens (tertiary/aromatic N) is 1. The fourth-order valence-corrected chi connectivity index (χ4v) is 2.21. The van der Waals surface area contributed by atoms with Gasteiger partial charge in [-0.2, -0.15) is 0 Å². The number of hydrogen-bond acceptors (Lipinski definition) is 3. The number of aromatic nitrogens is 1. The fraction of sp³-hybridized carbons (Fsp3) is 0.316. The van der Waals surface area contributed by atoms with E-state index in [2.05, 4.69) is 15.6 Å². The van der Waals surface area contributed by atoms with E-state index >= 15 is 0 Å². The van der Waals surface area contributed by atoms with Crippen LogP contribution in [0.15, 0.2) is 42.7 Å². The van der Waals surface area contributed by atoms with Crippen LogP contribution >= 0.6 is 0 Å². The lowest BCUT2D eigenvalue weighted by Gasteiger charge is -2.20. The van der Waals surface area contributed by atoms with Crippen LogP contribution in [0.3, 0.4) is 0 Å². The van der Waals surface area contributed by atoms with Gasteiger partial charge in [-0.3, -0.25) is 14.6 Å². The van der Waals surface area contributed by atoms with Gasteiger partial charge in [-0.15, -0.1) is 0 Å². The molecule has 2 N–H and O–H groups in total. The van der Waals surface area contributed by atoms with Crippen molar-refractivity contribution in [1.82, 2.24) is 15.6 Å². The third-order valence-corrected chi connectivity index (χ3v) is 3.29. The summed E-state index contributed by atoms with van der Waals surface area (Å²) in [5.74, 6) is -0.502. The molecule has 1 aromatic heterocycles. The third kappa shape index (κ3) is 5.19. The Bertz CT molecular complexity index is 748. The lowest BCUT2D eigenvalue weighted by Crippen LogP contribution is -2.40. The Morgan fingerprint density at radius 1 is 1.04 bits per heavy atom. The summed E-state index contributed by atoms with van der Waals surface area (Å²) in [6.45, 7) is 8.13. The van der Waals surface area contributed by atoms with Gasteiger partial charge in [0.15, 0.2) is 0 Å². The molecule has 5 heteroatoms. The summed E-state index contributed by atoms with van der Waals surface area (Å²) in [4.78, 5) is 28.5. The van der Waals surface area contributed by atoms with Crippen LogP contribution in [0.1, 0.15) is 52.6 Å². The molecule has 0 aliphatic heterocycles. The van der Waals surface area contributed by atoms with Crippen molar-refractivity contribution in [3.63, 3.8) is 0 Å². The molecule has 5 nitrogen and oxygen atoms in total. The molecule has 0 fully saturated rings. The lowest BCUT2D eigenvalue weighted by molar-refractivity contribution is 0.0919. The Kier molecular flexibility index (Phi) is 5.34. The second-order valence-corrected chi connectivity index (χ2v) is 6.84. The summed E-state index contributed by atoms with van der Waals surface area (Å²) in [5.41, 5.74) is 2.56. The van der Waals surface area contributed by atoms with E-state index in [0.717, 1.165) is 11.1 Å². The average Bonchev–Trinajstić information content (AvgIpc) is 2.51. The molecule has 2 amide bonds. The summed E-state index contributed by atoms with van der Waals surface area (Å²) < 4.78 is 0. The first-order valence-corrected chi connectivity index (χ1v) is 7.86. The predicted molar refractivity (Wildman–Crippen MR) is 93.8 cm³/mol. The zero-order chi connectivity index (χ0) is 17.7. The molecule has 0 aliphatic carbocycles. The Morgan fingerprint density at radius 3 is 2.33 bits per heavy atom.